The smallest absolute Gasteiger partial charge is 0.315 e. The number of hydrogen-bond acceptors (Lipinski definition) is 9. The highest BCUT2D eigenvalue weighted by molar-refractivity contribution is 5.88. The van der Waals surface area contributed by atoms with E-state index >= 15 is 0 Å². The molecule has 0 atom stereocenters. The number of nitriles is 1. The van der Waals surface area contributed by atoms with Crippen LogP contribution in [0.25, 0.3) is 22.8 Å². The second-order valence-electron chi connectivity index (χ2n) is 6.16. The zero-order valence-electron chi connectivity index (χ0n) is 15.9. The Hall–Kier alpha value is -4.78. The monoisotopic (exact) mass is 419 g/mol. The Morgan fingerprint density at radius 1 is 1.23 bits per heavy atom. The molecule has 154 valence electrons. The first-order valence-corrected chi connectivity index (χ1v) is 8.77. The lowest BCUT2D eigenvalue weighted by molar-refractivity contribution is -0.386. The molecular weight excluding hydrogens is 406 g/mol. The third kappa shape index (κ3) is 3.51. The van der Waals surface area contributed by atoms with Crippen LogP contribution < -0.4 is 4.74 Å². The molecule has 0 saturated carbocycles. The molecule has 4 aromatic rings. The van der Waals surface area contributed by atoms with Gasteiger partial charge in [0.1, 0.15) is 17.4 Å². The molecule has 0 bridgehead atoms. The van der Waals surface area contributed by atoms with Crippen LogP contribution in [0, 0.1) is 21.4 Å². The maximum Gasteiger partial charge on any atom is 0.315 e. The van der Waals surface area contributed by atoms with Gasteiger partial charge in [0.2, 0.25) is 11.6 Å². The Labute approximate surface area is 174 Å². The van der Waals surface area contributed by atoms with Crippen molar-refractivity contribution in [2.45, 2.75) is 0 Å². The van der Waals surface area contributed by atoms with Crippen molar-refractivity contribution in [2.24, 2.45) is 4.99 Å². The number of ether oxygens (including phenoxy) is 1. The predicted molar refractivity (Wildman–Crippen MR) is 107 cm³/mol. The average molecular weight is 419 g/mol. The summed E-state index contributed by atoms with van der Waals surface area (Å²) >= 11 is 0. The number of rotatable bonds is 6. The van der Waals surface area contributed by atoms with E-state index in [2.05, 4.69) is 11.1 Å². The Morgan fingerprint density at radius 3 is 2.52 bits per heavy atom. The molecule has 10 heteroatoms. The van der Waals surface area contributed by atoms with Crippen molar-refractivity contribution in [1.29, 1.82) is 5.26 Å². The van der Waals surface area contributed by atoms with E-state index in [0.29, 0.717) is 17.1 Å². The predicted octanol–water partition coefficient (Wildman–Crippen LogP) is 5.04. The summed E-state index contributed by atoms with van der Waals surface area (Å²) in [6, 6.07) is 11.2. The molecule has 0 aliphatic heterocycles. The zero-order valence-corrected chi connectivity index (χ0v) is 15.9. The van der Waals surface area contributed by atoms with Crippen LogP contribution in [-0.2, 0) is 0 Å². The fourth-order valence-electron chi connectivity index (χ4n) is 2.97. The minimum absolute atomic E-state index is 0.0463. The summed E-state index contributed by atoms with van der Waals surface area (Å²) in [5, 5.41) is 30.8. The number of phenolic OH excluding ortho intramolecular Hbond substituents is 1. The van der Waals surface area contributed by atoms with E-state index in [9.17, 15) is 20.5 Å². The van der Waals surface area contributed by atoms with Crippen LogP contribution in [0.3, 0.4) is 0 Å². The van der Waals surface area contributed by atoms with Crippen LogP contribution in [-0.4, -0.2) is 23.4 Å². The molecule has 3 aromatic heterocycles. The highest BCUT2D eigenvalue weighted by atomic mass is 16.6. The summed E-state index contributed by atoms with van der Waals surface area (Å²) in [7, 11) is 1.27. The van der Waals surface area contributed by atoms with Gasteiger partial charge in [-0.25, -0.2) is 4.99 Å². The van der Waals surface area contributed by atoms with Crippen molar-refractivity contribution in [3.05, 3.63) is 70.2 Å². The second kappa shape index (κ2) is 7.92. The number of furan rings is 3. The molecule has 0 amide bonds. The van der Waals surface area contributed by atoms with Crippen molar-refractivity contribution in [3.8, 4) is 40.4 Å². The van der Waals surface area contributed by atoms with Crippen molar-refractivity contribution >= 4 is 17.8 Å². The maximum atomic E-state index is 11.2. The molecule has 3 heterocycles. The average Bonchev–Trinajstić information content (AvgIpc) is 3.52. The highest BCUT2D eigenvalue weighted by Crippen LogP contribution is 2.43. The maximum absolute atomic E-state index is 11.2. The number of nitro groups is 1. The van der Waals surface area contributed by atoms with Gasteiger partial charge in [-0.3, -0.25) is 10.1 Å². The van der Waals surface area contributed by atoms with Gasteiger partial charge in [0, 0.05) is 17.8 Å². The highest BCUT2D eigenvalue weighted by Gasteiger charge is 2.26. The molecule has 0 aliphatic rings. The Morgan fingerprint density at radius 2 is 1.94 bits per heavy atom. The quantitative estimate of drug-likeness (QED) is 0.259. The van der Waals surface area contributed by atoms with Crippen molar-refractivity contribution in [1.82, 2.24) is 0 Å². The molecule has 10 nitrogen and oxygen atoms in total. The van der Waals surface area contributed by atoms with Crippen LogP contribution >= 0.6 is 0 Å². The Balaban J connectivity index is 1.84. The number of benzene rings is 1. The topological polar surface area (TPSA) is 148 Å². The molecule has 0 saturated heterocycles. The van der Waals surface area contributed by atoms with E-state index in [1.54, 1.807) is 24.3 Å². The van der Waals surface area contributed by atoms with Crippen LogP contribution in [0.15, 0.2) is 67.2 Å². The van der Waals surface area contributed by atoms with Crippen LogP contribution in [0.5, 0.6) is 11.5 Å². The van der Waals surface area contributed by atoms with E-state index < -0.39 is 16.4 Å². The first kappa shape index (κ1) is 19.5. The number of aromatic hydroxyl groups is 1. The zero-order chi connectivity index (χ0) is 22.0. The number of hydrogen-bond donors (Lipinski definition) is 1. The second-order valence-corrected chi connectivity index (χ2v) is 6.16. The fourth-order valence-corrected chi connectivity index (χ4v) is 2.97. The summed E-state index contributed by atoms with van der Waals surface area (Å²) in [6.45, 7) is 0. The fraction of sp³-hybridized carbons (Fsp3) is 0.0476. The third-order valence-electron chi connectivity index (χ3n) is 4.34. The summed E-state index contributed by atoms with van der Waals surface area (Å²) in [6.07, 6.45) is 4.17. The lowest BCUT2D eigenvalue weighted by Crippen LogP contribution is -1.94. The van der Waals surface area contributed by atoms with Gasteiger partial charge in [0.15, 0.2) is 17.3 Å². The molecule has 1 N–H and O–H groups in total. The summed E-state index contributed by atoms with van der Waals surface area (Å²) in [4.78, 5) is 14.6. The number of methoxy groups -OCH3 is 1. The normalized spacial score (nSPS) is 11.0. The molecule has 4 rings (SSSR count). The SMILES string of the molecule is COc1cc(C=Nc2oc(-c3ccco3)c(-c3ccco3)c2C#N)cc([N+](=O)[O-])c1O. The van der Waals surface area contributed by atoms with E-state index in [1.807, 2.05) is 0 Å². The van der Waals surface area contributed by atoms with Gasteiger partial charge >= 0.3 is 5.69 Å². The first-order valence-electron chi connectivity index (χ1n) is 8.77. The van der Waals surface area contributed by atoms with Gasteiger partial charge in [0.05, 0.1) is 30.1 Å². The molecule has 0 unspecified atom stereocenters. The minimum atomic E-state index is -0.743. The number of phenols is 1. The Bertz CT molecular complexity index is 1310. The minimum Gasteiger partial charge on any atom is -0.500 e. The largest absolute Gasteiger partial charge is 0.500 e. The molecule has 0 spiro atoms. The van der Waals surface area contributed by atoms with Gasteiger partial charge in [-0.1, -0.05) is 0 Å². The number of nitro benzene ring substituents is 1. The molecule has 0 radical (unpaired) electrons. The molecule has 0 fully saturated rings. The lowest BCUT2D eigenvalue weighted by atomic mass is 10.1. The summed E-state index contributed by atoms with van der Waals surface area (Å²) in [5.74, 6) is 0.262. The standard InChI is InChI=1S/C21H13N3O7/c1-28-17-9-12(8-14(19(17)25)24(26)27)11-23-21-13(10-22)18(15-4-2-6-29-15)20(31-21)16-5-3-7-30-16/h2-9,11,25H,1H3. The lowest BCUT2D eigenvalue weighted by Gasteiger charge is -2.04. The third-order valence-corrected chi connectivity index (χ3v) is 4.34. The van der Waals surface area contributed by atoms with Crippen LogP contribution in [0.1, 0.15) is 11.1 Å². The van der Waals surface area contributed by atoms with Gasteiger partial charge in [-0.2, -0.15) is 5.26 Å². The van der Waals surface area contributed by atoms with Gasteiger partial charge in [-0.15, -0.1) is 0 Å². The van der Waals surface area contributed by atoms with Gasteiger partial charge < -0.3 is 23.1 Å². The van der Waals surface area contributed by atoms with E-state index in [1.165, 1.54) is 31.9 Å². The number of nitrogens with zero attached hydrogens (tertiary/aromatic N) is 3. The summed E-state index contributed by atoms with van der Waals surface area (Å²) < 4.78 is 21.6. The van der Waals surface area contributed by atoms with Crippen molar-refractivity contribution in [3.63, 3.8) is 0 Å². The van der Waals surface area contributed by atoms with Crippen molar-refractivity contribution in [2.75, 3.05) is 7.11 Å². The van der Waals surface area contributed by atoms with Crippen LogP contribution in [0.4, 0.5) is 11.6 Å². The molecular formula is C21H13N3O7. The molecule has 1 aromatic carbocycles. The van der Waals surface area contributed by atoms with E-state index in [0.717, 1.165) is 6.07 Å². The van der Waals surface area contributed by atoms with E-state index in [-0.39, 0.29) is 28.5 Å². The Kier molecular flexibility index (Phi) is 4.99. The molecule has 31 heavy (non-hydrogen) atoms. The summed E-state index contributed by atoms with van der Waals surface area (Å²) in [5.41, 5.74) is 0.163. The molecule has 0 aliphatic carbocycles. The van der Waals surface area contributed by atoms with E-state index in [4.69, 9.17) is 18.0 Å². The van der Waals surface area contributed by atoms with Crippen LogP contribution in [0.2, 0.25) is 0 Å². The van der Waals surface area contributed by atoms with Gasteiger partial charge in [0.25, 0.3) is 0 Å². The van der Waals surface area contributed by atoms with Crippen molar-refractivity contribution < 1.29 is 28.0 Å². The first-order chi connectivity index (χ1) is 15.0. The number of aliphatic imine (C=N–C) groups is 1. The van der Waals surface area contributed by atoms with Gasteiger partial charge in [-0.05, 0) is 30.3 Å².